The number of ether oxygens (including phenoxy) is 1. The van der Waals surface area contributed by atoms with Crippen LogP contribution in [0.25, 0.3) is 11.6 Å². The summed E-state index contributed by atoms with van der Waals surface area (Å²) >= 11 is 1.40. The summed E-state index contributed by atoms with van der Waals surface area (Å²) in [6.45, 7) is 3.42. The van der Waals surface area contributed by atoms with Crippen LogP contribution in [0, 0.1) is 12.7 Å². The average Bonchev–Trinajstić information content (AvgIpc) is 3.22. The second kappa shape index (κ2) is 9.30. The highest BCUT2D eigenvalue weighted by molar-refractivity contribution is 7.11. The molecule has 0 aliphatic rings. The standard InChI is InChI=1S/C23H20FNO3S/c1-15-7-5-8-17(13-15)14-18(21-11-6-12-29-21)23(27)28-16(2)22(26)25-20-10-4-3-9-19(20)24/h3-14,16H,1-2H3,(H,25,26)/b18-14+/t16-/m1/s1. The van der Waals surface area contributed by atoms with Crippen LogP contribution in [0.1, 0.15) is 22.9 Å². The molecule has 2 aromatic carbocycles. The molecule has 1 heterocycles. The number of nitrogens with one attached hydrogen (secondary N) is 1. The van der Waals surface area contributed by atoms with Crippen molar-refractivity contribution in [2.24, 2.45) is 0 Å². The Kier molecular flexibility index (Phi) is 6.57. The van der Waals surface area contributed by atoms with E-state index in [0.29, 0.717) is 5.57 Å². The number of aryl methyl sites for hydroxylation is 1. The molecule has 29 heavy (non-hydrogen) atoms. The van der Waals surface area contributed by atoms with Gasteiger partial charge in [0.15, 0.2) is 6.10 Å². The molecule has 0 saturated heterocycles. The Bertz CT molecular complexity index is 1040. The van der Waals surface area contributed by atoms with Crippen molar-refractivity contribution in [2.75, 3.05) is 5.32 Å². The molecule has 3 aromatic rings. The molecule has 0 radical (unpaired) electrons. The molecule has 1 aromatic heterocycles. The summed E-state index contributed by atoms with van der Waals surface area (Å²) in [7, 11) is 0. The van der Waals surface area contributed by atoms with E-state index in [1.807, 2.05) is 48.7 Å². The number of benzene rings is 2. The molecule has 0 saturated carbocycles. The first-order valence-electron chi connectivity index (χ1n) is 9.02. The Morgan fingerprint density at radius 2 is 1.90 bits per heavy atom. The highest BCUT2D eigenvalue weighted by Gasteiger charge is 2.22. The van der Waals surface area contributed by atoms with E-state index in [9.17, 15) is 14.0 Å². The van der Waals surface area contributed by atoms with E-state index >= 15 is 0 Å². The minimum Gasteiger partial charge on any atom is -0.449 e. The van der Waals surface area contributed by atoms with Crippen LogP contribution in [0.3, 0.4) is 0 Å². The normalized spacial score (nSPS) is 12.3. The van der Waals surface area contributed by atoms with Crippen molar-refractivity contribution in [3.63, 3.8) is 0 Å². The minimum absolute atomic E-state index is 0.0363. The first-order valence-corrected chi connectivity index (χ1v) is 9.90. The van der Waals surface area contributed by atoms with Gasteiger partial charge in [-0.15, -0.1) is 11.3 Å². The third kappa shape index (κ3) is 5.39. The summed E-state index contributed by atoms with van der Waals surface area (Å²) in [4.78, 5) is 25.9. The topological polar surface area (TPSA) is 55.4 Å². The maximum absolute atomic E-state index is 13.7. The van der Waals surface area contributed by atoms with E-state index in [4.69, 9.17) is 4.74 Å². The summed E-state index contributed by atoms with van der Waals surface area (Å²) in [6.07, 6.45) is 0.644. The van der Waals surface area contributed by atoms with Crippen molar-refractivity contribution >= 4 is 40.5 Å². The van der Waals surface area contributed by atoms with Crippen molar-refractivity contribution < 1.29 is 18.7 Å². The van der Waals surface area contributed by atoms with Crippen LogP contribution in [0.15, 0.2) is 66.0 Å². The monoisotopic (exact) mass is 409 g/mol. The van der Waals surface area contributed by atoms with Crippen molar-refractivity contribution in [1.82, 2.24) is 0 Å². The zero-order valence-corrected chi connectivity index (χ0v) is 16.8. The molecule has 6 heteroatoms. The molecule has 1 N–H and O–H groups in total. The number of carbonyl (C=O) groups excluding carboxylic acids is 2. The minimum atomic E-state index is -1.09. The van der Waals surface area contributed by atoms with Gasteiger partial charge >= 0.3 is 5.97 Å². The molecule has 0 unspecified atom stereocenters. The number of esters is 1. The molecule has 0 bridgehead atoms. The van der Waals surface area contributed by atoms with E-state index < -0.39 is 23.8 Å². The molecule has 1 amide bonds. The SMILES string of the molecule is Cc1cccc(/C=C(/C(=O)O[C@H](C)C(=O)Nc2ccccc2F)c2cccs2)c1. The van der Waals surface area contributed by atoms with E-state index in [1.54, 1.807) is 12.1 Å². The lowest BCUT2D eigenvalue weighted by Gasteiger charge is -2.15. The third-order valence-electron chi connectivity index (χ3n) is 4.14. The van der Waals surface area contributed by atoms with Gasteiger partial charge < -0.3 is 10.1 Å². The highest BCUT2D eigenvalue weighted by atomic mass is 32.1. The number of hydrogen-bond donors (Lipinski definition) is 1. The molecule has 0 spiro atoms. The van der Waals surface area contributed by atoms with Gasteiger partial charge in [-0.25, -0.2) is 9.18 Å². The number of hydrogen-bond acceptors (Lipinski definition) is 4. The lowest BCUT2D eigenvalue weighted by Crippen LogP contribution is -2.30. The molecule has 0 aliphatic carbocycles. The quantitative estimate of drug-likeness (QED) is 0.444. The Labute approximate surface area is 172 Å². The lowest BCUT2D eigenvalue weighted by molar-refractivity contribution is -0.147. The van der Waals surface area contributed by atoms with Crippen LogP contribution in [-0.4, -0.2) is 18.0 Å². The van der Waals surface area contributed by atoms with Gasteiger partial charge in [-0.2, -0.15) is 0 Å². The average molecular weight is 409 g/mol. The second-order valence-corrected chi connectivity index (χ2v) is 7.41. The third-order valence-corrected chi connectivity index (χ3v) is 5.05. The summed E-state index contributed by atoms with van der Waals surface area (Å²) in [5.74, 6) is -1.78. The van der Waals surface area contributed by atoms with E-state index in [-0.39, 0.29) is 5.69 Å². The molecule has 4 nitrogen and oxygen atoms in total. The van der Waals surface area contributed by atoms with Crippen molar-refractivity contribution in [1.29, 1.82) is 0 Å². The van der Waals surface area contributed by atoms with Crippen LogP contribution in [0.2, 0.25) is 0 Å². The number of halogens is 1. The van der Waals surface area contributed by atoms with E-state index in [2.05, 4.69) is 5.32 Å². The van der Waals surface area contributed by atoms with Crippen molar-refractivity contribution in [2.45, 2.75) is 20.0 Å². The van der Waals surface area contributed by atoms with Gasteiger partial charge in [0.25, 0.3) is 5.91 Å². The Hall–Kier alpha value is -3.25. The summed E-state index contributed by atoms with van der Waals surface area (Å²) in [6, 6.07) is 17.2. The predicted octanol–water partition coefficient (Wildman–Crippen LogP) is 5.31. The lowest BCUT2D eigenvalue weighted by atomic mass is 10.1. The van der Waals surface area contributed by atoms with Gasteiger partial charge in [-0.05, 0) is 49.1 Å². The second-order valence-electron chi connectivity index (χ2n) is 6.47. The van der Waals surface area contributed by atoms with Crippen LogP contribution in [0.4, 0.5) is 10.1 Å². The Balaban J connectivity index is 1.78. The van der Waals surface area contributed by atoms with Crippen molar-refractivity contribution in [3.8, 4) is 0 Å². The maximum atomic E-state index is 13.7. The largest absolute Gasteiger partial charge is 0.449 e. The Morgan fingerprint density at radius 1 is 1.10 bits per heavy atom. The van der Waals surface area contributed by atoms with Crippen molar-refractivity contribution in [3.05, 3.63) is 87.9 Å². The molecule has 0 aliphatic heterocycles. The zero-order valence-electron chi connectivity index (χ0n) is 16.0. The molecule has 0 fully saturated rings. The first-order chi connectivity index (χ1) is 13.9. The number of para-hydroxylation sites is 1. The number of rotatable bonds is 6. The van der Waals surface area contributed by atoms with E-state index in [0.717, 1.165) is 16.0 Å². The maximum Gasteiger partial charge on any atom is 0.340 e. The highest BCUT2D eigenvalue weighted by Crippen LogP contribution is 2.25. The number of carbonyl (C=O) groups is 2. The fraction of sp³-hybridized carbons (Fsp3) is 0.130. The van der Waals surface area contributed by atoms with Crippen LogP contribution in [-0.2, 0) is 14.3 Å². The molecule has 148 valence electrons. The van der Waals surface area contributed by atoms with Crippen LogP contribution < -0.4 is 5.32 Å². The van der Waals surface area contributed by atoms with Crippen LogP contribution in [0.5, 0.6) is 0 Å². The number of amides is 1. The van der Waals surface area contributed by atoms with E-state index in [1.165, 1.54) is 36.5 Å². The number of anilines is 1. The smallest absolute Gasteiger partial charge is 0.340 e. The first kappa shape index (κ1) is 20.5. The van der Waals surface area contributed by atoms with Gasteiger partial charge in [0.1, 0.15) is 5.82 Å². The summed E-state index contributed by atoms with van der Waals surface area (Å²) in [5, 5.41) is 4.30. The fourth-order valence-electron chi connectivity index (χ4n) is 2.66. The number of thiophene rings is 1. The molecular formula is C23H20FNO3S. The van der Waals surface area contributed by atoms with Crippen LogP contribution >= 0.6 is 11.3 Å². The summed E-state index contributed by atoms with van der Waals surface area (Å²) < 4.78 is 19.1. The summed E-state index contributed by atoms with van der Waals surface area (Å²) in [5.41, 5.74) is 2.31. The molecular weight excluding hydrogens is 389 g/mol. The molecule has 1 atom stereocenters. The Morgan fingerprint density at radius 3 is 2.59 bits per heavy atom. The molecule has 3 rings (SSSR count). The predicted molar refractivity (Wildman–Crippen MR) is 114 cm³/mol. The zero-order chi connectivity index (χ0) is 20.8. The van der Waals surface area contributed by atoms with Gasteiger partial charge in [0.05, 0.1) is 11.3 Å². The van der Waals surface area contributed by atoms with Gasteiger partial charge in [-0.1, -0.05) is 48.0 Å². The fourth-order valence-corrected chi connectivity index (χ4v) is 3.39. The van der Waals surface area contributed by atoms with Gasteiger partial charge in [0, 0.05) is 4.88 Å². The van der Waals surface area contributed by atoms with Gasteiger partial charge in [0.2, 0.25) is 0 Å². The van der Waals surface area contributed by atoms with Gasteiger partial charge in [-0.3, -0.25) is 4.79 Å².